The first-order valence-electron chi connectivity index (χ1n) is 2.41. The zero-order chi connectivity index (χ0) is 5.70. The molecular weight excluding hydrogens is 126 g/mol. The molecule has 3 heteroatoms. The molecule has 0 aromatic heterocycles. The minimum atomic E-state index is 1.07. The van der Waals surface area contributed by atoms with Crippen LogP contribution in [0.25, 0.3) is 0 Å². The lowest BCUT2D eigenvalue weighted by atomic mass is 10.7. The highest BCUT2D eigenvalue weighted by molar-refractivity contribution is 8.67. The van der Waals surface area contributed by atoms with Gasteiger partial charge in [-0.25, -0.2) is 4.31 Å². The van der Waals surface area contributed by atoms with Gasteiger partial charge >= 0.3 is 0 Å². The molecule has 0 rings (SSSR count). The Balaban J connectivity index is 2.99. The summed E-state index contributed by atoms with van der Waals surface area (Å²) in [4.78, 5) is 0. The Labute approximate surface area is 54.4 Å². The van der Waals surface area contributed by atoms with E-state index in [9.17, 15) is 0 Å². The maximum absolute atomic E-state index is 4.02. The number of hydrogen-bond donors (Lipinski definition) is 1. The van der Waals surface area contributed by atoms with E-state index in [0.29, 0.717) is 0 Å². The second kappa shape index (κ2) is 4.81. The summed E-state index contributed by atoms with van der Waals surface area (Å²) in [7, 11) is 1.50. The van der Waals surface area contributed by atoms with E-state index >= 15 is 0 Å². The van der Waals surface area contributed by atoms with Crippen molar-refractivity contribution >= 4 is 22.6 Å². The summed E-state index contributed by atoms with van der Waals surface area (Å²) in [5.41, 5.74) is 0. The monoisotopic (exact) mass is 137 g/mol. The topological polar surface area (TPSA) is 3.24 Å². The number of thiol groups is 1. The molecule has 0 aliphatic heterocycles. The Morgan fingerprint density at radius 1 is 1.43 bits per heavy atom. The van der Waals surface area contributed by atoms with E-state index in [1.165, 1.54) is 11.0 Å². The van der Waals surface area contributed by atoms with Crippen molar-refractivity contribution in [3.63, 3.8) is 0 Å². The summed E-state index contributed by atoms with van der Waals surface area (Å²) in [5.74, 6) is 0. The molecule has 0 bridgehead atoms. The van der Waals surface area contributed by atoms with Gasteiger partial charge in [0.05, 0.1) is 0 Å². The molecule has 0 heterocycles. The molecule has 0 saturated carbocycles. The lowest BCUT2D eigenvalue weighted by Crippen LogP contribution is -2.11. The minimum absolute atomic E-state index is 1.07. The molecule has 0 aromatic rings. The van der Waals surface area contributed by atoms with Crippen LogP contribution in [0.4, 0.5) is 0 Å². The maximum Gasteiger partial charge on any atom is 0.00686 e. The van der Waals surface area contributed by atoms with Gasteiger partial charge in [0.25, 0.3) is 0 Å². The van der Waals surface area contributed by atoms with E-state index in [1.54, 1.807) is 0 Å². The van der Waals surface area contributed by atoms with Crippen LogP contribution in [0.3, 0.4) is 0 Å². The van der Waals surface area contributed by atoms with Crippen molar-refractivity contribution in [2.75, 3.05) is 13.1 Å². The summed E-state index contributed by atoms with van der Waals surface area (Å²) in [6, 6.07) is 0. The molecule has 0 radical (unpaired) electrons. The van der Waals surface area contributed by atoms with E-state index < -0.39 is 0 Å². The van der Waals surface area contributed by atoms with Crippen LogP contribution in [0.1, 0.15) is 13.8 Å². The van der Waals surface area contributed by atoms with Crippen LogP contribution in [0.15, 0.2) is 0 Å². The van der Waals surface area contributed by atoms with Crippen molar-refractivity contribution in [2.24, 2.45) is 0 Å². The van der Waals surface area contributed by atoms with Gasteiger partial charge in [0.2, 0.25) is 0 Å². The number of nitrogens with zero attached hydrogens (tertiary/aromatic N) is 1. The first kappa shape index (κ1) is 7.66. The fourth-order valence-electron chi connectivity index (χ4n) is 0.339. The molecule has 44 valence electrons. The summed E-state index contributed by atoms with van der Waals surface area (Å²) in [6.07, 6.45) is 0. The molecular formula is C4H11NS2. The van der Waals surface area contributed by atoms with Crippen molar-refractivity contribution in [3.05, 3.63) is 0 Å². The highest BCUT2D eigenvalue weighted by atomic mass is 33.1. The Morgan fingerprint density at radius 2 is 1.86 bits per heavy atom. The van der Waals surface area contributed by atoms with Gasteiger partial charge in [0.15, 0.2) is 0 Å². The summed E-state index contributed by atoms with van der Waals surface area (Å²) in [6.45, 7) is 6.38. The molecule has 0 amide bonds. The zero-order valence-corrected chi connectivity index (χ0v) is 6.43. The van der Waals surface area contributed by atoms with Crippen LogP contribution in [-0.2, 0) is 0 Å². The third-order valence-corrected chi connectivity index (χ3v) is 2.26. The van der Waals surface area contributed by atoms with Crippen molar-refractivity contribution in [3.8, 4) is 0 Å². The second-order valence-electron chi connectivity index (χ2n) is 1.20. The molecule has 7 heavy (non-hydrogen) atoms. The van der Waals surface area contributed by atoms with Crippen molar-refractivity contribution < 1.29 is 0 Å². The van der Waals surface area contributed by atoms with E-state index in [2.05, 4.69) is 29.8 Å². The molecule has 0 fully saturated rings. The van der Waals surface area contributed by atoms with Gasteiger partial charge in [-0.3, -0.25) is 0 Å². The predicted octanol–water partition coefficient (Wildman–Crippen LogP) is 1.82. The second-order valence-corrected chi connectivity index (χ2v) is 2.37. The van der Waals surface area contributed by atoms with Crippen LogP contribution >= 0.6 is 22.6 Å². The summed E-state index contributed by atoms with van der Waals surface area (Å²) >= 11 is 4.02. The molecule has 1 nitrogen and oxygen atoms in total. The van der Waals surface area contributed by atoms with Crippen molar-refractivity contribution in [2.45, 2.75) is 13.8 Å². The lowest BCUT2D eigenvalue weighted by Gasteiger charge is -2.10. The van der Waals surface area contributed by atoms with Crippen LogP contribution < -0.4 is 0 Å². The largest absolute Gasteiger partial charge is 0.242 e. The Hall–Kier alpha value is 0.660. The summed E-state index contributed by atoms with van der Waals surface area (Å²) in [5, 5.41) is 0. The molecule has 0 unspecified atom stereocenters. The highest BCUT2D eigenvalue weighted by Crippen LogP contribution is 2.10. The Bertz CT molecular complexity index is 31.2. The molecule has 0 atom stereocenters. The smallest absolute Gasteiger partial charge is 0.00686 e. The number of rotatable bonds is 3. The lowest BCUT2D eigenvalue weighted by molar-refractivity contribution is 0.530. The van der Waals surface area contributed by atoms with Crippen LogP contribution in [0, 0.1) is 0 Å². The van der Waals surface area contributed by atoms with Crippen molar-refractivity contribution in [1.82, 2.24) is 4.31 Å². The maximum atomic E-state index is 4.02. The molecule has 0 aromatic carbocycles. The average Bonchev–Trinajstić information content (AvgIpc) is 1.72. The molecule has 0 aliphatic carbocycles. The minimum Gasteiger partial charge on any atom is -0.242 e. The fraction of sp³-hybridized carbons (Fsp3) is 1.00. The van der Waals surface area contributed by atoms with Crippen LogP contribution in [0.2, 0.25) is 0 Å². The van der Waals surface area contributed by atoms with Gasteiger partial charge in [0, 0.05) is 13.1 Å². The van der Waals surface area contributed by atoms with Gasteiger partial charge in [0.1, 0.15) is 0 Å². The van der Waals surface area contributed by atoms with Gasteiger partial charge in [-0.2, -0.15) is 0 Å². The van der Waals surface area contributed by atoms with Crippen molar-refractivity contribution in [1.29, 1.82) is 0 Å². The standard InChI is InChI=1S/C4H11NS2/c1-3-5(4-2)7-6/h6H,3-4H2,1-2H3. The summed E-state index contributed by atoms with van der Waals surface area (Å²) < 4.78 is 2.16. The average molecular weight is 137 g/mol. The van der Waals surface area contributed by atoms with Crippen LogP contribution in [-0.4, -0.2) is 17.4 Å². The van der Waals surface area contributed by atoms with E-state index in [4.69, 9.17) is 0 Å². The first-order valence-corrected chi connectivity index (χ1v) is 4.24. The quantitative estimate of drug-likeness (QED) is 0.359. The van der Waals surface area contributed by atoms with Gasteiger partial charge in [-0.15, -0.1) is 0 Å². The van der Waals surface area contributed by atoms with Crippen LogP contribution in [0.5, 0.6) is 0 Å². The molecule has 0 saturated heterocycles. The van der Waals surface area contributed by atoms with Gasteiger partial charge < -0.3 is 0 Å². The molecule has 0 spiro atoms. The third-order valence-electron chi connectivity index (χ3n) is 0.821. The van der Waals surface area contributed by atoms with Gasteiger partial charge in [-0.05, 0) is 11.0 Å². The van der Waals surface area contributed by atoms with Gasteiger partial charge in [-0.1, -0.05) is 25.5 Å². The Kier molecular flexibility index (Phi) is 5.26. The fourth-order valence-corrected chi connectivity index (χ4v) is 1.26. The first-order chi connectivity index (χ1) is 3.35. The SMILES string of the molecule is CCN(CC)SS. The Morgan fingerprint density at radius 3 is 1.86 bits per heavy atom. The van der Waals surface area contributed by atoms with E-state index in [0.717, 1.165) is 13.1 Å². The highest BCUT2D eigenvalue weighted by Gasteiger charge is 1.91. The van der Waals surface area contributed by atoms with E-state index in [-0.39, 0.29) is 0 Å². The predicted molar refractivity (Wildman–Crippen MR) is 39.5 cm³/mol. The molecule has 0 aliphatic rings. The zero-order valence-electron chi connectivity index (χ0n) is 4.72. The van der Waals surface area contributed by atoms with E-state index in [1.807, 2.05) is 0 Å². The molecule has 0 N–H and O–H groups in total. The third kappa shape index (κ3) is 3.26. The number of hydrogen-bond acceptors (Lipinski definition) is 3. The normalized spacial score (nSPS) is 10.3.